The van der Waals surface area contributed by atoms with Crippen LogP contribution in [-0.2, 0) is 24.2 Å². The van der Waals surface area contributed by atoms with Crippen molar-refractivity contribution in [2.75, 3.05) is 6.61 Å². The molecule has 1 aromatic carbocycles. The molecule has 0 fully saturated rings. The summed E-state index contributed by atoms with van der Waals surface area (Å²) in [7, 11) is 0. The van der Waals surface area contributed by atoms with E-state index in [0.29, 0.717) is 6.61 Å². The second-order valence-corrected chi connectivity index (χ2v) is 7.03. The number of nitrogens with one attached hydrogen (secondary N) is 1. The number of para-hydroxylation sites is 1. The fourth-order valence-corrected chi connectivity index (χ4v) is 4.05. The van der Waals surface area contributed by atoms with Crippen molar-refractivity contribution in [3.63, 3.8) is 0 Å². The smallest absolute Gasteiger partial charge is 0.224 e. The van der Waals surface area contributed by atoms with Gasteiger partial charge in [-0.15, -0.1) is 0 Å². The zero-order valence-corrected chi connectivity index (χ0v) is 14.9. The van der Waals surface area contributed by atoms with E-state index in [0.717, 1.165) is 49.4 Å². The molecule has 1 amide bonds. The van der Waals surface area contributed by atoms with Crippen LogP contribution in [0.5, 0.6) is 5.75 Å². The Kier molecular flexibility index (Phi) is 4.24. The Hall–Kier alpha value is -2.30. The van der Waals surface area contributed by atoms with Crippen molar-refractivity contribution in [2.24, 2.45) is 5.92 Å². The molecule has 0 saturated carbocycles. The minimum absolute atomic E-state index is 0.0317. The summed E-state index contributed by atoms with van der Waals surface area (Å²) in [5.74, 6) is 2.20. The minimum Gasteiger partial charge on any atom is -0.493 e. The molecule has 25 heavy (non-hydrogen) atoms. The number of aromatic nitrogens is 2. The van der Waals surface area contributed by atoms with Crippen LogP contribution in [0.25, 0.3) is 0 Å². The number of imidazole rings is 1. The highest BCUT2D eigenvalue weighted by Crippen LogP contribution is 2.35. The summed E-state index contributed by atoms with van der Waals surface area (Å²) in [5, 5.41) is 3.29. The van der Waals surface area contributed by atoms with Gasteiger partial charge in [0.25, 0.3) is 0 Å². The third-order valence-corrected chi connectivity index (χ3v) is 5.52. The molecule has 132 valence electrons. The molecule has 1 aromatic heterocycles. The summed E-state index contributed by atoms with van der Waals surface area (Å²) in [6.45, 7) is 5.69. The highest BCUT2D eigenvalue weighted by atomic mass is 16.5. The van der Waals surface area contributed by atoms with Crippen LogP contribution in [0.1, 0.15) is 48.5 Å². The molecule has 2 aromatic rings. The van der Waals surface area contributed by atoms with Gasteiger partial charge in [-0.1, -0.05) is 25.1 Å². The Morgan fingerprint density at radius 2 is 2.28 bits per heavy atom. The number of carbonyl (C=O) groups is 1. The van der Waals surface area contributed by atoms with Crippen LogP contribution in [0, 0.1) is 12.8 Å². The number of nitrogens with zero attached hydrogens (tertiary/aromatic N) is 2. The number of hydrogen-bond acceptors (Lipinski definition) is 3. The molecule has 5 heteroatoms. The van der Waals surface area contributed by atoms with E-state index in [9.17, 15) is 4.79 Å². The Morgan fingerprint density at radius 1 is 1.40 bits per heavy atom. The maximum absolute atomic E-state index is 12.9. The summed E-state index contributed by atoms with van der Waals surface area (Å²) < 4.78 is 8.11. The van der Waals surface area contributed by atoms with E-state index in [1.54, 1.807) is 0 Å². The van der Waals surface area contributed by atoms with Crippen molar-refractivity contribution in [2.45, 2.75) is 52.1 Å². The number of amides is 1. The number of hydrogen-bond donors (Lipinski definition) is 1. The lowest BCUT2D eigenvalue weighted by Crippen LogP contribution is -2.39. The monoisotopic (exact) mass is 339 g/mol. The summed E-state index contributed by atoms with van der Waals surface area (Å²) >= 11 is 0. The van der Waals surface area contributed by atoms with E-state index >= 15 is 0 Å². The molecule has 2 atom stereocenters. The predicted octanol–water partition coefficient (Wildman–Crippen LogP) is 2.96. The van der Waals surface area contributed by atoms with Gasteiger partial charge in [0.2, 0.25) is 5.91 Å². The van der Waals surface area contributed by atoms with Crippen LogP contribution in [0.2, 0.25) is 0 Å². The molecule has 1 N–H and O–H groups in total. The first kappa shape index (κ1) is 16.2. The number of benzene rings is 1. The lowest BCUT2D eigenvalue weighted by molar-refractivity contribution is -0.126. The average Bonchev–Trinajstić information content (AvgIpc) is 3.02. The summed E-state index contributed by atoms with van der Waals surface area (Å²) in [6.07, 6.45) is 5.33. The molecular weight excluding hydrogens is 314 g/mol. The van der Waals surface area contributed by atoms with Crippen LogP contribution in [0.4, 0.5) is 0 Å². The summed E-state index contributed by atoms with van der Waals surface area (Å²) in [6, 6.07) is 6.30. The first-order valence-electron chi connectivity index (χ1n) is 9.23. The second-order valence-electron chi connectivity index (χ2n) is 7.03. The van der Waals surface area contributed by atoms with Gasteiger partial charge in [-0.25, -0.2) is 4.98 Å². The Labute approximate surface area is 148 Å². The quantitative estimate of drug-likeness (QED) is 0.935. The van der Waals surface area contributed by atoms with Crippen LogP contribution in [0.15, 0.2) is 24.4 Å². The molecule has 4 rings (SSSR count). The molecule has 0 aliphatic carbocycles. The van der Waals surface area contributed by atoms with Gasteiger partial charge in [-0.3, -0.25) is 4.79 Å². The van der Waals surface area contributed by atoms with Gasteiger partial charge in [0.05, 0.1) is 12.6 Å². The fraction of sp³-hybridized carbons (Fsp3) is 0.500. The van der Waals surface area contributed by atoms with Crippen molar-refractivity contribution < 1.29 is 9.53 Å². The van der Waals surface area contributed by atoms with Crippen molar-refractivity contribution in [3.8, 4) is 5.75 Å². The third-order valence-electron chi connectivity index (χ3n) is 5.52. The van der Waals surface area contributed by atoms with Crippen LogP contribution in [-0.4, -0.2) is 22.1 Å². The fourth-order valence-electron chi connectivity index (χ4n) is 4.05. The largest absolute Gasteiger partial charge is 0.493 e. The Balaban J connectivity index is 1.49. The van der Waals surface area contributed by atoms with E-state index in [-0.39, 0.29) is 17.9 Å². The second kappa shape index (κ2) is 6.54. The highest BCUT2D eigenvalue weighted by Gasteiger charge is 2.30. The lowest BCUT2D eigenvalue weighted by atomic mass is 9.92. The van der Waals surface area contributed by atoms with Gasteiger partial charge in [0.1, 0.15) is 11.6 Å². The van der Waals surface area contributed by atoms with Gasteiger partial charge in [0.15, 0.2) is 0 Å². The molecule has 2 unspecified atom stereocenters. The molecule has 0 saturated heterocycles. The Morgan fingerprint density at radius 3 is 3.12 bits per heavy atom. The zero-order valence-electron chi connectivity index (χ0n) is 14.9. The van der Waals surface area contributed by atoms with Crippen LogP contribution >= 0.6 is 0 Å². The molecule has 5 nitrogen and oxygen atoms in total. The number of aryl methyl sites for hydroxylation is 2. The van der Waals surface area contributed by atoms with E-state index in [1.165, 1.54) is 11.3 Å². The van der Waals surface area contributed by atoms with Crippen molar-refractivity contribution in [1.29, 1.82) is 0 Å². The molecule has 2 aliphatic rings. The van der Waals surface area contributed by atoms with Crippen molar-refractivity contribution in [3.05, 3.63) is 47.0 Å². The molecule has 0 spiro atoms. The Bertz CT molecular complexity index is 796. The highest BCUT2D eigenvalue weighted by molar-refractivity contribution is 5.79. The maximum Gasteiger partial charge on any atom is 0.224 e. The van der Waals surface area contributed by atoms with E-state index in [4.69, 9.17) is 4.74 Å². The minimum atomic E-state index is 0.0317. The first-order chi connectivity index (χ1) is 12.2. The summed E-state index contributed by atoms with van der Waals surface area (Å²) in [5.41, 5.74) is 3.51. The number of carbonyl (C=O) groups excluding carboxylic acids is 1. The lowest BCUT2D eigenvalue weighted by Gasteiger charge is -2.30. The van der Waals surface area contributed by atoms with Crippen molar-refractivity contribution in [1.82, 2.24) is 14.9 Å². The van der Waals surface area contributed by atoms with E-state index < -0.39 is 0 Å². The van der Waals surface area contributed by atoms with Gasteiger partial charge in [-0.2, -0.15) is 0 Å². The average molecular weight is 339 g/mol. The molecule has 0 bridgehead atoms. The number of ether oxygens (including phenoxy) is 1. The standard InChI is InChI=1S/C20H25N3O2/c1-3-14-5-4-6-17-18(8-10-25-19(14)17)22-20(24)15-7-9-23-13(2)21-12-16(23)11-15/h4-6,12,15,18H,3,7-11H2,1-2H3,(H,22,24). The van der Waals surface area contributed by atoms with E-state index in [1.807, 2.05) is 13.1 Å². The van der Waals surface area contributed by atoms with Crippen LogP contribution < -0.4 is 10.1 Å². The maximum atomic E-state index is 12.9. The normalized spacial score (nSPS) is 21.8. The van der Waals surface area contributed by atoms with Gasteiger partial charge >= 0.3 is 0 Å². The molecule has 0 radical (unpaired) electrons. The predicted molar refractivity (Wildman–Crippen MR) is 95.6 cm³/mol. The topological polar surface area (TPSA) is 56.1 Å². The number of rotatable bonds is 3. The van der Waals surface area contributed by atoms with Gasteiger partial charge < -0.3 is 14.6 Å². The zero-order chi connectivity index (χ0) is 17.4. The van der Waals surface area contributed by atoms with Gasteiger partial charge in [-0.05, 0) is 25.3 Å². The van der Waals surface area contributed by atoms with Crippen molar-refractivity contribution >= 4 is 5.91 Å². The van der Waals surface area contributed by atoms with Gasteiger partial charge in [0, 0.05) is 42.8 Å². The first-order valence-corrected chi connectivity index (χ1v) is 9.23. The van der Waals surface area contributed by atoms with Crippen LogP contribution in [0.3, 0.4) is 0 Å². The third kappa shape index (κ3) is 2.92. The number of fused-ring (bicyclic) bond motifs is 2. The summed E-state index contributed by atoms with van der Waals surface area (Å²) in [4.78, 5) is 17.2. The molecule has 2 aliphatic heterocycles. The SMILES string of the molecule is CCc1cccc2c1OCCC2NC(=O)C1CCn2c(cnc2C)C1. The molecule has 3 heterocycles. The van der Waals surface area contributed by atoms with E-state index in [2.05, 4.69) is 40.0 Å². The molecular formula is C20H25N3O2.